The van der Waals surface area contributed by atoms with Gasteiger partial charge in [0.05, 0.1) is 19.1 Å². The summed E-state index contributed by atoms with van der Waals surface area (Å²) in [6, 6.07) is 6.82. The second-order valence-electron chi connectivity index (χ2n) is 6.69. The zero-order valence-corrected chi connectivity index (χ0v) is 13.5. The van der Waals surface area contributed by atoms with E-state index in [9.17, 15) is 14.3 Å². The summed E-state index contributed by atoms with van der Waals surface area (Å²) < 4.78 is 17.8. The van der Waals surface area contributed by atoms with E-state index < -0.39 is 6.10 Å². The first-order chi connectivity index (χ1) is 11.1. The van der Waals surface area contributed by atoms with Crippen LogP contribution in [-0.4, -0.2) is 48.3 Å². The van der Waals surface area contributed by atoms with Crippen LogP contribution in [0.4, 0.5) is 4.39 Å². The number of ether oxygens (including phenoxy) is 1. The maximum absolute atomic E-state index is 13.0. The van der Waals surface area contributed by atoms with Crippen molar-refractivity contribution in [2.75, 3.05) is 20.2 Å². The van der Waals surface area contributed by atoms with Gasteiger partial charge in [-0.3, -0.25) is 9.69 Å². The first kappa shape index (κ1) is 16.4. The van der Waals surface area contributed by atoms with Gasteiger partial charge >= 0.3 is 5.97 Å². The standard InChI is InChI=1S/C18H24FNO3/c1-23-18(22)14-10-16(17(21)11-14)20-8-6-13(7-9-20)12-2-4-15(19)5-3-12/h2-5,13-14,16-17,21H,6-11H2,1H3/t14-,16-,17-/m0/s1. The van der Waals surface area contributed by atoms with E-state index in [-0.39, 0.29) is 23.7 Å². The van der Waals surface area contributed by atoms with Crippen molar-refractivity contribution in [3.05, 3.63) is 35.6 Å². The van der Waals surface area contributed by atoms with E-state index in [0.717, 1.165) is 25.9 Å². The molecule has 1 aliphatic carbocycles. The van der Waals surface area contributed by atoms with Crippen LogP contribution in [0, 0.1) is 11.7 Å². The van der Waals surface area contributed by atoms with E-state index in [1.807, 2.05) is 12.1 Å². The van der Waals surface area contributed by atoms with Gasteiger partial charge in [-0.2, -0.15) is 0 Å². The van der Waals surface area contributed by atoms with Crippen molar-refractivity contribution in [3.63, 3.8) is 0 Å². The molecule has 3 rings (SSSR count). The molecule has 0 unspecified atom stereocenters. The van der Waals surface area contributed by atoms with Crippen molar-refractivity contribution >= 4 is 5.97 Å². The molecule has 1 aliphatic heterocycles. The van der Waals surface area contributed by atoms with Gasteiger partial charge in [0, 0.05) is 6.04 Å². The Morgan fingerprint density at radius 2 is 1.87 bits per heavy atom. The number of aliphatic hydroxyl groups is 1. The molecule has 2 fully saturated rings. The number of methoxy groups -OCH3 is 1. The van der Waals surface area contributed by atoms with Crippen LogP contribution in [0.2, 0.25) is 0 Å². The van der Waals surface area contributed by atoms with E-state index in [2.05, 4.69) is 4.90 Å². The molecule has 1 saturated heterocycles. The number of likely N-dealkylation sites (tertiary alicyclic amines) is 1. The van der Waals surface area contributed by atoms with Gasteiger partial charge in [-0.15, -0.1) is 0 Å². The molecule has 0 aromatic heterocycles. The lowest BCUT2D eigenvalue weighted by molar-refractivity contribution is -0.145. The number of nitrogens with zero attached hydrogens (tertiary/aromatic N) is 1. The van der Waals surface area contributed by atoms with E-state index in [4.69, 9.17) is 4.74 Å². The Morgan fingerprint density at radius 1 is 1.22 bits per heavy atom. The first-order valence-corrected chi connectivity index (χ1v) is 8.34. The minimum Gasteiger partial charge on any atom is -0.469 e. The number of carbonyl (C=O) groups excluding carboxylic acids is 1. The fourth-order valence-corrected chi connectivity index (χ4v) is 4.04. The van der Waals surface area contributed by atoms with Gasteiger partial charge in [0.15, 0.2) is 0 Å². The minimum atomic E-state index is -0.457. The fraction of sp³-hybridized carbons (Fsp3) is 0.611. The molecule has 2 aliphatic rings. The largest absolute Gasteiger partial charge is 0.469 e. The van der Waals surface area contributed by atoms with Crippen LogP contribution < -0.4 is 0 Å². The average Bonchev–Trinajstić information content (AvgIpc) is 2.97. The number of carbonyl (C=O) groups is 1. The predicted octanol–water partition coefficient (Wildman–Crippen LogP) is 2.32. The SMILES string of the molecule is COC(=O)[C@@H]1C[C@H](O)[C@@H](N2CCC(c3ccc(F)cc3)CC2)C1. The molecule has 0 radical (unpaired) electrons. The number of halogens is 1. The number of hydrogen-bond acceptors (Lipinski definition) is 4. The highest BCUT2D eigenvalue weighted by Gasteiger charge is 2.41. The number of hydrogen-bond donors (Lipinski definition) is 1. The molecular formula is C18H24FNO3. The number of rotatable bonds is 3. The predicted molar refractivity (Wildman–Crippen MR) is 84.5 cm³/mol. The van der Waals surface area contributed by atoms with Gasteiger partial charge in [-0.25, -0.2) is 4.39 Å². The number of esters is 1. The molecule has 4 nitrogen and oxygen atoms in total. The van der Waals surface area contributed by atoms with Gasteiger partial charge in [0.1, 0.15) is 5.82 Å². The maximum Gasteiger partial charge on any atom is 0.308 e. The first-order valence-electron chi connectivity index (χ1n) is 8.34. The highest BCUT2D eigenvalue weighted by atomic mass is 19.1. The summed E-state index contributed by atoms with van der Waals surface area (Å²) in [6.07, 6.45) is 2.71. The van der Waals surface area contributed by atoms with E-state index in [1.165, 1.54) is 24.8 Å². The van der Waals surface area contributed by atoms with Crippen LogP contribution in [0.1, 0.15) is 37.2 Å². The molecule has 1 N–H and O–H groups in total. The molecule has 0 spiro atoms. The Bertz CT molecular complexity index is 540. The van der Waals surface area contributed by atoms with Crippen molar-refractivity contribution in [2.45, 2.75) is 43.7 Å². The van der Waals surface area contributed by atoms with Gasteiger partial charge in [-0.1, -0.05) is 12.1 Å². The molecule has 0 bridgehead atoms. The van der Waals surface area contributed by atoms with Crippen LogP contribution in [-0.2, 0) is 9.53 Å². The third-order valence-corrected chi connectivity index (χ3v) is 5.37. The normalized spacial score (nSPS) is 29.6. The van der Waals surface area contributed by atoms with E-state index >= 15 is 0 Å². The summed E-state index contributed by atoms with van der Waals surface area (Å²) in [6.45, 7) is 1.80. The zero-order chi connectivity index (χ0) is 16.4. The smallest absolute Gasteiger partial charge is 0.308 e. The average molecular weight is 321 g/mol. The summed E-state index contributed by atoms with van der Waals surface area (Å²) in [5.74, 6) is -0.154. The Kier molecular flexibility index (Phi) is 4.97. The van der Waals surface area contributed by atoms with Crippen LogP contribution in [0.25, 0.3) is 0 Å². The van der Waals surface area contributed by atoms with E-state index in [0.29, 0.717) is 18.8 Å². The number of piperidine rings is 1. The van der Waals surface area contributed by atoms with Crippen molar-refractivity contribution in [1.82, 2.24) is 4.90 Å². The van der Waals surface area contributed by atoms with Crippen molar-refractivity contribution in [2.24, 2.45) is 5.92 Å². The second-order valence-corrected chi connectivity index (χ2v) is 6.69. The summed E-state index contributed by atoms with van der Waals surface area (Å²) in [4.78, 5) is 14.0. The topological polar surface area (TPSA) is 49.8 Å². The summed E-state index contributed by atoms with van der Waals surface area (Å²) >= 11 is 0. The monoisotopic (exact) mass is 321 g/mol. The maximum atomic E-state index is 13.0. The number of benzene rings is 1. The quantitative estimate of drug-likeness (QED) is 0.868. The van der Waals surface area contributed by atoms with Crippen LogP contribution in [0.5, 0.6) is 0 Å². The lowest BCUT2D eigenvalue weighted by atomic mass is 9.88. The van der Waals surface area contributed by atoms with Gasteiger partial charge < -0.3 is 9.84 Å². The summed E-state index contributed by atoms with van der Waals surface area (Å²) in [5, 5.41) is 10.3. The lowest BCUT2D eigenvalue weighted by Gasteiger charge is -2.37. The molecule has 1 aromatic rings. The number of aliphatic hydroxyl groups excluding tert-OH is 1. The molecule has 3 atom stereocenters. The van der Waals surface area contributed by atoms with Crippen LogP contribution in [0.15, 0.2) is 24.3 Å². The highest BCUT2D eigenvalue weighted by Crippen LogP contribution is 2.35. The highest BCUT2D eigenvalue weighted by molar-refractivity contribution is 5.72. The van der Waals surface area contributed by atoms with Crippen LogP contribution in [0.3, 0.4) is 0 Å². The molecule has 5 heteroatoms. The fourth-order valence-electron chi connectivity index (χ4n) is 4.04. The summed E-state index contributed by atoms with van der Waals surface area (Å²) in [7, 11) is 1.40. The van der Waals surface area contributed by atoms with Gasteiger partial charge in [0.25, 0.3) is 0 Å². The minimum absolute atomic E-state index is 0.0493. The van der Waals surface area contributed by atoms with Crippen molar-refractivity contribution in [1.29, 1.82) is 0 Å². The Balaban J connectivity index is 1.56. The van der Waals surface area contributed by atoms with Crippen molar-refractivity contribution in [3.8, 4) is 0 Å². The molecule has 0 amide bonds. The zero-order valence-electron chi connectivity index (χ0n) is 13.5. The molecule has 1 aromatic carbocycles. The third-order valence-electron chi connectivity index (χ3n) is 5.37. The second kappa shape index (κ2) is 6.97. The van der Waals surface area contributed by atoms with Crippen molar-refractivity contribution < 1.29 is 19.0 Å². The molecule has 1 saturated carbocycles. The molecule has 126 valence electrons. The molecular weight excluding hydrogens is 297 g/mol. The van der Waals surface area contributed by atoms with Gasteiger partial charge in [-0.05, 0) is 62.4 Å². The van der Waals surface area contributed by atoms with Gasteiger partial charge in [0.2, 0.25) is 0 Å². The van der Waals surface area contributed by atoms with Crippen LogP contribution >= 0.6 is 0 Å². The lowest BCUT2D eigenvalue weighted by Crippen LogP contribution is -2.44. The Labute approximate surface area is 136 Å². The Morgan fingerprint density at radius 3 is 2.48 bits per heavy atom. The molecule has 1 heterocycles. The third kappa shape index (κ3) is 3.56. The van der Waals surface area contributed by atoms with E-state index in [1.54, 1.807) is 0 Å². The summed E-state index contributed by atoms with van der Waals surface area (Å²) in [5.41, 5.74) is 1.19. The molecule has 23 heavy (non-hydrogen) atoms. The Hall–Kier alpha value is -1.46.